The number of aryl methyl sites for hydroxylation is 2. The van der Waals surface area contributed by atoms with Gasteiger partial charge in [-0.05, 0) is 43.2 Å². The maximum atomic E-state index is 10.3. The lowest BCUT2D eigenvalue weighted by molar-refractivity contribution is -0.560. The van der Waals surface area contributed by atoms with E-state index in [-0.39, 0.29) is 18.4 Å². The minimum absolute atomic E-state index is 0. The van der Waals surface area contributed by atoms with Crippen molar-refractivity contribution in [3.63, 3.8) is 0 Å². The molecule has 32 heavy (non-hydrogen) atoms. The fourth-order valence-corrected chi connectivity index (χ4v) is 3.82. The van der Waals surface area contributed by atoms with E-state index in [0.717, 1.165) is 23.3 Å². The van der Waals surface area contributed by atoms with Crippen molar-refractivity contribution in [3.05, 3.63) is 65.0 Å². The van der Waals surface area contributed by atoms with Crippen LogP contribution >= 0.6 is 0 Å². The van der Waals surface area contributed by atoms with Crippen molar-refractivity contribution in [1.82, 2.24) is 10.1 Å². The lowest BCUT2D eigenvalue weighted by Crippen LogP contribution is -3.00. The molecule has 2 atom stereocenters. The summed E-state index contributed by atoms with van der Waals surface area (Å²) in [7, 11) is 0. The Morgan fingerprint density at radius 3 is 2.62 bits per heavy atom. The molecular weight excluding hydrogens is 430 g/mol. The molecule has 0 radical (unpaired) electrons. The quantitative estimate of drug-likeness (QED) is 0.323. The molecule has 0 aliphatic carbocycles. The monoisotopic (exact) mass is 457 g/mol. The van der Waals surface area contributed by atoms with Gasteiger partial charge in [-0.1, -0.05) is 35.0 Å². The number of hydrogen-bond donors (Lipinski definition) is 3. The van der Waals surface area contributed by atoms with Gasteiger partial charge in [0.2, 0.25) is 5.82 Å². The predicted octanol–water partition coefficient (Wildman–Crippen LogP) is -0.929. The van der Waals surface area contributed by atoms with Gasteiger partial charge in [0.25, 0.3) is 5.89 Å². The Hall–Kier alpha value is -3.10. The molecule has 4 rings (SSSR count). The second kappa shape index (κ2) is 10.0. The summed E-state index contributed by atoms with van der Waals surface area (Å²) in [6, 6.07) is 13.7. The van der Waals surface area contributed by atoms with Gasteiger partial charge >= 0.3 is 5.96 Å². The predicted molar refractivity (Wildman–Crippen MR) is 117 cm³/mol. The van der Waals surface area contributed by atoms with Gasteiger partial charge in [0.15, 0.2) is 6.04 Å². The SMILES string of the molecule is Cc1ccc(CCOc2ccc(-c3noc([C@@H]4[C@@H](O)CC[N+]4=C(N)N)n3)cc2C)cc1.[Cl-]. The smallest absolute Gasteiger partial charge is 0.341 e. The van der Waals surface area contributed by atoms with Crippen molar-refractivity contribution in [1.29, 1.82) is 0 Å². The lowest BCUT2D eigenvalue weighted by Gasteiger charge is -2.11. The van der Waals surface area contributed by atoms with Crippen molar-refractivity contribution in [2.24, 2.45) is 11.5 Å². The zero-order chi connectivity index (χ0) is 22.0. The van der Waals surface area contributed by atoms with Gasteiger partial charge in [0, 0.05) is 18.4 Å². The van der Waals surface area contributed by atoms with Crippen molar-refractivity contribution in [2.45, 2.75) is 38.8 Å². The topological polar surface area (TPSA) is 123 Å². The first-order valence-corrected chi connectivity index (χ1v) is 10.4. The second-order valence-corrected chi connectivity index (χ2v) is 7.94. The van der Waals surface area contributed by atoms with Crippen LogP contribution in [0.5, 0.6) is 5.75 Å². The molecule has 0 spiro atoms. The average molecular weight is 458 g/mol. The first kappa shape index (κ1) is 23.6. The summed E-state index contributed by atoms with van der Waals surface area (Å²) < 4.78 is 13.1. The van der Waals surface area contributed by atoms with Gasteiger partial charge in [-0.15, -0.1) is 0 Å². The average Bonchev–Trinajstić information content (AvgIpc) is 3.37. The fraction of sp³-hybridized carbons (Fsp3) is 0.348. The van der Waals surface area contributed by atoms with Crippen LogP contribution < -0.4 is 28.6 Å². The van der Waals surface area contributed by atoms with Crippen LogP contribution in [0.2, 0.25) is 0 Å². The number of guanidine groups is 1. The third kappa shape index (κ3) is 5.03. The highest BCUT2D eigenvalue weighted by Crippen LogP contribution is 2.30. The molecule has 0 unspecified atom stereocenters. The number of aliphatic hydroxyl groups is 1. The molecule has 1 aromatic heterocycles. The summed E-state index contributed by atoms with van der Waals surface area (Å²) in [5.74, 6) is 1.69. The van der Waals surface area contributed by atoms with E-state index in [1.54, 1.807) is 4.58 Å². The van der Waals surface area contributed by atoms with Crippen LogP contribution in [-0.4, -0.2) is 45.0 Å². The van der Waals surface area contributed by atoms with Crippen molar-refractivity contribution < 1.29 is 31.3 Å². The number of aliphatic hydroxyl groups excluding tert-OH is 1. The molecule has 0 bridgehead atoms. The fourth-order valence-electron chi connectivity index (χ4n) is 3.82. The van der Waals surface area contributed by atoms with Crippen molar-refractivity contribution >= 4 is 5.96 Å². The zero-order valence-corrected chi connectivity index (χ0v) is 18.9. The summed E-state index contributed by atoms with van der Waals surface area (Å²) in [5, 5.41) is 14.4. The normalized spacial score (nSPS) is 17.8. The van der Waals surface area contributed by atoms with E-state index >= 15 is 0 Å². The number of rotatable bonds is 6. The molecule has 8 nitrogen and oxygen atoms in total. The summed E-state index contributed by atoms with van der Waals surface area (Å²) in [6.45, 7) is 5.20. The molecule has 0 saturated carbocycles. The maximum Gasteiger partial charge on any atom is 0.341 e. The molecule has 5 N–H and O–H groups in total. The first-order chi connectivity index (χ1) is 14.9. The van der Waals surface area contributed by atoms with Crippen LogP contribution in [0, 0.1) is 13.8 Å². The van der Waals surface area contributed by atoms with Crippen LogP contribution in [-0.2, 0) is 6.42 Å². The third-order valence-electron chi connectivity index (χ3n) is 5.59. The number of benzene rings is 2. The molecular formula is C23H28ClN5O3. The van der Waals surface area contributed by atoms with E-state index in [1.165, 1.54) is 11.1 Å². The number of nitrogens with two attached hydrogens (primary N) is 2. The van der Waals surface area contributed by atoms with Crippen LogP contribution in [0.15, 0.2) is 47.0 Å². The van der Waals surface area contributed by atoms with Crippen molar-refractivity contribution in [2.75, 3.05) is 13.2 Å². The van der Waals surface area contributed by atoms with Gasteiger partial charge in [0.1, 0.15) is 5.75 Å². The van der Waals surface area contributed by atoms with E-state index in [2.05, 4.69) is 41.3 Å². The van der Waals surface area contributed by atoms with Crippen LogP contribution in [0.3, 0.4) is 0 Å². The summed E-state index contributed by atoms with van der Waals surface area (Å²) >= 11 is 0. The Morgan fingerprint density at radius 2 is 1.94 bits per heavy atom. The minimum Gasteiger partial charge on any atom is -1.00 e. The van der Waals surface area contributed by atoms with E-state index in [1.807, 2.05) is 25.1 Å². The Labute approximate surface area is 193 Å². The molecule has 9 heteroatoms. The van der Waals surface area contributed by atoms with Gasteiger partial charge < -0.3 is 26.8 Å². The van der Waals surface area contributed by atoms with Gasteiger partial charge in [0.05, 0.1) is 19.3 Å². The molecule has 2 heterocycles. The Morgan fingerprint density at radius 1 is 1.19 bits per heavy atom. The largest absolute Gasteiger partial charge is 1.00 e. The third-order valence-corrected chi connectivity index (χ3v) is 5.59. The number of hydrogen-bond acceptors (Lipinski definition) is 5. The highest BCUT2D eigenvalue weighted by molar-refractivity contribution is 5.70. The van der Waals surface area contributed by atoms with E-state index in [0.29, 0.717) is 31.3 Å². The number of nitrogens with zero attached hydrogens (tertiary/aromatic N) is 3. The summed E-state index contributed by atoms with van der Waals surface area (Å²) in [6.07, 6.45) is 0.715. The first-order valence-electron chi connectivity index (χ1n) is 10.4. The minimum atomic E-state index is -0.665. The second-order valence-electron chi connectivity index (χ2n) is 7.94. The standard InChI is InChI=1S/C23H27N5O3.ClH/c1-14-3-5-16(6-4-14)10-12-30-19-8-7-17(13-15(19)2)21-26-22(31-27-21)20-18(29)9-11-28(20)23(24)25;/h3-8,13,18,20,29H,9-12H2,1-2H3,(H3,24,25);1H/t18-,20-;/m0./s1. The van der Waals surface area contributed by atoms with Crippen LogP contribution in [0.1, 0.15) is 35.0 Å². The molecule has 3 aromatic rings. The molecule has 1 fully saturated rings. The van der Waals surface area contributed by atoms with E-state index in [4.69, 9.17) is 20.7 Å². The van der Waals surface area contributed by atoms with Gasteiger partial charge in [-0.3, -0.25) is 16.0 Å². The zero-order valence-electron chi connectivity index (χ0n) is 18.2. The number of halogens is 1. The molecule has 170 valence electrons. The molecule has 1 aliphatic rings. The Bertz CT molecular complexity index is 1090. The molecule has 2 aromatic carbocycles. The van der Waals surface area contributed by atoms with Crippen LogP contribution in [0.25, 0.3) is 11.4 Å². The number of aromatic nitrogens is 2. The summed E-state index contributed by atoms with van der Waals surface area (Å²) in [4.78, 5) is 4.48. The maximum absolute atomic E-state index is 10.3. The van der Waals surface area contributed by atoms with E-state index in [9.17, 15) is 5.11 Å². The molecule has 1 saturated heterocycles. The number of ether oxygens (including phenoxy) is 1. The lowest BCUT2D eigenvalue weighted by atomic mass is 10.1. The van der Waals surface area contributed by atoms with E-state index < -0.39 is 12.1 Å². The highest BCUT2D eigenvalue weighted by Gasteiger charge is 2.39. The Kier molecular flexibility index (Phi) is 7.37. The van der Waals surface area contributed by atoms with Gasteiger partial charge in [-0.25, -0.2) is 0 Å². The highest BCUT2D eigenvalue weighted by atomic mass is 35.5. The van der Waals surface area contributed by atoms with Gasteiger partial charge in [-0.2, -0.15) is 4.98 Å². The van der Waals surface area contributed by atoms with Crippen molar-refractivity contribution in [3.8, 4) is 17.1 Å². The Balaban J connectivity index is 0.00000289. The molecule has 1 aliphatic heterocycles. The molecule has 0 amide bonds. The van der Waals surface area contributed by atoms with Crippen LogP contribution in [0.4, 0.5) is 0 Å². The summed E-state index contributed by atoms with van der Waals surface area (Å²) in [5.41, 5.74) is 15.7.